The predicted octanol–water partition coefficient (Wildman–Crippen LogP) is 5.83. The van der Waals surface area contributed by atoms with Crippen molar-refractivity contribution in [1.29, 1.82) is 0 Å². The molecular weight excluding hydrogens is 2250 g/mol. The first-order valence-corrected chi connectivity index (χ1v) is 43.4. The Bertz CT molecular complexity index is 4720. The van der Waals surface area contributed by atoms with Crippen LogP contribution in [0.1, 0.15) is 152 Å². The van der Waals surface area contributed by atoms with Gasteiger partial charge in [0.05, 0.1) is 7.11 Å². The van der Waals surface area contributed by atoms with Gasteiger partial charge >= 0.3 is 5.97 Å². The van der Waals surface area contributed by atoms with Crippen LogP contribution in [0.15, 0.2) is 60.7 Å². The van der Waals surface area contributed by atoms with Gasteiger partial charge in [-0.05, 0) is 238 Å². The number of ketones is 5. The van der Waals surface area contributed by atoms with Gasteiger partial charge in [0.25, 0.3) is 0 Å². The van der Waals surface area contributed by atoms with E-state index in [-0.39, 0.29) is 247 Å². The molecule has 11 heterocycles. The molecule has 0 amide bonds. The molecule has 0 aromatic heterocycles. The molecule has 26 rings (SSSR count). The Morgan fingerprint density at radius 3 is 0.950 bits per heavy atom. The number of likely N-dealkylation sites (N-methyl/N-ethyl adjacent to an activating group) is 3. The van der Waals surface area contributed by atoms with Crippen molar-refractivity contribution in [1.82, 2.24) is 25.3 Å². The molecule has 5 saturated carbocycles. The second-order valence-electron chi connectivity index (χ2n) is 37.4. The number of rotatable bonds is 1. The Kier molecular flexibility index (Phi) is 23.2. The number of Topliss-reactive ketones (excluding diaryl/α,β-unsaturated/α-hetero) is 5. The molecule has 26 nitrogen and oxygen atoms in total. The summed E-state index contributed by atoms with van der Waals surface area (Å²) in [4.78, 5) is 80.7. The third-order valence-corrected chi connectivity index (χ3v) is 33.7. The summed E-state index contributed by atoms with van der Waals surface area (Å²) in [7, 11) is 7.74. The van der Waals surface area contributed by atoms with Gasteiger partial charge in [-0.25, -0.2) is 4.79 Å². The molecule has 3 radical (unpaired) electrons. The van der Waals surface area contributed by atoms with E-state index in [9.17, 15) is 69.6 Å². The van der Waals surface area contributed by atoms with Crippen molar-refractivity contribution in [2.75, 3.05) is 61.0 Å². The van der Waals surface area contributed by atoms with Crippen LogP contribution in [0.2, 0.25) is 0 Å². The van der Waals surface area contributed by atoms with E-state index in [1.54, 1.807) is 30.3 Å². The maximum Gasteiger partial charge on any atom is 0.337 e. The molecule has 11 fully saturated rings. The minimum Gasteiger partial charge on any atom is -0.504 e. The number of methoxy groups -OCH3 is 1. The molecule has 629 valence electrons. The SMILES string of the molecule is CN1CCC23c4c5ccc(O)c4O[C@H]2C(=O)CC[C@H]3C1C5.CN1CCC23c4c5ccc(O)c4O[C@H]2C(=O)CC[C@H]3C1C5.CN1CCC23c4c5ccc(O)c4O[C@H]2C(=O)CC[C@H]3C1C5.COC(=O)[C@H]1O[C@H](Br)[C@H](O)[C@@H](O)[C@@H]1O.O=C1CC[C@H]2C3Cc4ccc(O)c5c4C2(CCN3)[C@H]1O5.O=C1CC[C@H]2C3Cc4ccc(O)c5c4C2(CCN3)[C@H]1O5.[Ac].[Ac].[Ac]. The Morgan fingerprint density at radius 2 is 0.667 bits per heavy atom. The zero-order valence-electron chi connectivity index (χ0n) is 67.8. The molecule has 11 aliphatic heterocycles. The molecule has 10 N–H and O–H groups in total. The van der Waals surface area contributed by atoms with Crippen LogP contribution in [0.5, 0.6) is 57.5 Å². The van der Waals surface area contributed by atoms with E-state index in [1.165, 1.54) is 27.8 Å². The summed E-state index contributed by atoms with van der Waals surface area (Å²) in [5.41, 5.74) is 11.2. The van der Waals surface area contributed by atoms with Gasteiger partial charge in [-0.2, -0.15) is 0 Å². The number of aromatic hydroxyl groups is 5. The van der Waals surface area contributed by atoms with Crippen molar-refractivity contribution in [2.24, 2.45) is 29.6 Å². The summed E-state index contributed by atoms with van der Waals surface area (Å²) < 4.78 is 39.4. The van der Waals surface area contributed by atoms with Gasteiger partial charge in [0.15, 0.2) is 123 Å². The summed E-state index contributed by atoms with van der Waals surface area (Å²) in [5.74, 6) is 6.61. The van der Waals surface area contributed by atoms with Gasteiger partial charge in [-0.3, -0.25) is 24.0 Å². The van der Waals surface area contributed by atoms with Crippen LogP contribution < -0.4 is 34.3 Å². The molecular formula is C90H102Ac3BrN5O21. The standard InChI is InChI=1S/3C17H19NO3.2C16H17NO3.C7H11BrO6.3Ac/c3*1-18-7-6-17-10-3-5-13(20)16(17)21-15-12(19)4-2-9(14(15)17)8-11(10)18;2*18-11-3-1-8-7-10-9-2-4-12(19)15-16(9,5-6-17-10)13(8)14(11)20-15;1-13-7(12)5-3(10)2(9)4(11)6(8)14-5;;;/h3*2,4,10-11,16,19H,3,5-8H2,1H3;2*1,3,9-10,15,17-18H,2,4-7H2;2-6,9-11H,1H3;;;/t3*10-,11?,16-,17?;2*9-,10?,15-,16?;2-,3-,4+,5-,6-;;;/m000000.../s1. The molecule has 10 bridgehead atoms. The minimum atomic E-state index is -1.49. The zero-order chi connectivity index (χ0) is 80.9. The van der Waals surface area contributed by atoms with Crippen molar-refractivity contribution >= 4 is 50.8 Å². The number of hydrogen-bond donors (Lipinski definition) is 10. The summed E-state index contributed by atoms with van der Waals surface area (Å²) in [6.45, 7) is 4.88. The van der Waals surface area contributed by atoms with Crippen LogP contribution >= 0.6 is 15.9 Å². The van der Waals surface area contributed by atoms with Crippen LogP contribution in [0.25, 0.3) is 0 Å². The van der Waals surface area contributed by atoms with Gasteiger partial charge in [-0.1, -0.05) is 46.3 Å². The molecule has 10 aliphatic carbocycles. The number of hydrogen-bond acceptors (Lipinski definition) is 26. The van der Waals surface area contributed by atoms with Crippen LogP contribution in [-0.4, -0.2) is 242 Å². The van der Waals surface area contributed by atoms with Crippen LogP contribution in [0.4, 0.5) is 0 Å². The number of piperidine rings is 5. The molecule has 5 aromatic rings. The zero-order valence-corrected chi connectivity index (χ0v) is 83.7. The van der Waals surface area contributed by atoms with E-state index in [1.807, 2.05) is 30.3 Å². The molecule has 5 aromatic carbocycles. The fraction of sp³-hybridized carbons (Fsp3) is 0.600. The molecule has 5 spiro atoms. The van der Waals surface area contributed by atoms with Gasteiger partial charge < -0.3 is 99.3 Å². The van der Waals surface area contributed by atoms with Crippen molar-refractivity contribution in [2.45, 2.75) is 246 Å². The first-order valence-electron chi connectivity index (χ1n) is 42.5. The van der Waals surface area contributed by atoms with E-state index >= 15 is 0 Å². The summed E-state index contributed by atoms with van der Waals surface area (Å²) in [6.07, 6.45) is 10.3. The van der Waals surface area contributed by atoms with Crippen molar-refractivity contribution in [3.05, 3.63) is 116 Å². The number of aliphatic hydroxyl groups is 3. The van der Waals surface area contributed by atoms with E-state index < -0.39 is 35.4 Å². The topological polar surface area (TPSA) is 363 Å². The van der Waals surface area contributed by atoms with Gasteiger partial charge in [0.1, 0.15) is 23.3 Å². The first kappa shape index (κ1) is 87.1. The fourth-order valence-corrected chi connectivity index (χ4v) is 28.7. The van der Waals surface area contributed by atoms with Crippen LogP contribution in [0.3, 0.4) is 0 Å². The number of phenolic OH excluding ortho intramolecular Hbond substituents is 5. The van der Waals surface area contributed by atoms with Gasteiger partial charge in [0, 0.05) is 249 Å². The Hall–Kier alpha value is -3.64. The Balaban J connectivity index is 0.0000000988. The molecule has 6 saturated heterocycles. The van der Waals surface area contributed by atoms with Crippen molar-refractivity contribution < 1.29 is 235 Å². The van der Waals surface area contributed by atoms with E-state index in [0.29, 0.717) is 121 Å². The van der Waals surface area contributed by atoms with E-state index in [4.69, 9.17) is 28.4 Å². The summed E-state index contributed by atoms with van der Waals surface area (Å²) in [6, 6.07) is 21.1. The smallest absolute Gasteiger partial charge is 0.337 e. The van der Waals surface area contributed by atoms with Crippen LogP contribution in [0, 0.1) is 162 Å². The molecule has 120 heavy (non-hydrogen) atoms. The third-order valence-electron chi connectivity index (χ3n) is 33.0. The van der Waals surface area contributed by atoms with E-state index in [2.05, 4.69) is 67.1 Å². The number of alkyl halides is 1. The number of benzene rings is 5. The average Bonchev–Trinajstić information content (AvgIpc) is 1.51. The fourth-order valence-electron chi connectivity index (χ4n) is 28.2. The summed E-state index contributed by atoms with van der Waals surface area (Å²) >= 11 is 2.91. The number of phenols is 5. The number of carbonyl (C=O) groups is 6. The minimum absolute atomic E-state index is 0. The molecule has 21 aliphatic rings. The second-order valence-corrected chi connectivity index (χ2v) is 38.3. The number of carbonyl (C=O) groups excluding carboxylic acids is 6. The number of halogens is 1. The number of aliphatic hydroxyl groups excluding tert-OH is 3. The number of esters is 1. The van der Waals surface area contributed by atoms with Crippen molar-refractivity contribution in [3.8, 4) is 57.5 Å². The maximum absolute atomic E-state index is 12.5. The number of ether oxygens (including phenoxy) is 7. The normalized spacial score (nSPS) is 39.4. The largest absolute Gasteiger partial charge is 0.504 e. The van der Waals surface area contributed by atoms with Crippen LogP contribution in [-0.2, 0) is 97.4 Å². The maximum atomic E-state index is 12.5. The first-order chi connectivity index (χ1) is 56.3. The average molecular weight is 2350 g/mol. The Labute approximate surface area is 811 Å². The van der Waals surface area contributed by atoms with Gasteiger partial charge in [-0.15, -0.1) is 0 Å². The monoisotopic (exact) mass is 2350 g/mol. The summed E-state index contributed by atoms with van der Waals surface area (Å²) in [5, 5.41) is 85.2. The molecule has 10 unspecified atom stereocenters. The van der Waals surface area contributed by atoms with Crippen molar-refractivity contribution in [3.63, 3.8) is 0 Å². The van der Waals surface area contributed by atoms with Gasteiger partial charge in [0.2, 0.25) is 0 Å². The Morgan fingerprint density at radius 1 is 0.400 bits per heavy atom. The molecule has 30 heteroatoms. The number of likely N-dealkylation sites (tertiary alicyclic amines) is 3. The number of nitrogens with zero attached hydrogens (tertiary/aromatic N) is 3. The second kappa shape index (κ2) is 31.9. The number of nitrogens with one attached hydrogen (secondary N) is 2. The predicted molar refractivity (Wildman–Crippen MR) is 422 cm³/mol. The molecule has 25 atom stereocenters. The third kappa shape index (κ3) is 12.3. The quantitative estimate of drug-likeness (QED) is 0.0697. The van der Waals surface area contributed by atoms with E-state index in [0.717, 1.165) is 164 Å².